The molecule has 0 amide bonds. The molecule has 4 aliphatic carbocycles. The van der Waals surface area contributed by atoms with Crippen LogP contribution in [0.3, 0.4) is 0 Å². The monoisotopic (exact) mass is 1240 g/mol. The zero-order valence-corrected chi connectivity index (χ0v) is 53.9. The third-order valence-electron chi connectivity index (χ3n) is 18.2. The van der Waals surface area contributed by atoms with Gasteiger partial charge in [-0.05, 0) is 194 Å². The maximum Gasteiger partial charge on any atom is 1.00 e. The summed E-state index contributed by atoms with van der Waals surface area (Å²) < 4.78 is 151. The van der Waals surface area contributed by atoms with Crippen LogP contribution in [0.5, 0.6) is 11.5 Å². The number of ether oxygens (including phenoxy) is 2. The number of unbranched alkanes of at least 4 members (excludes halogenated alkanes) is 4. The quantitative estimate of drug-likeness (QED) is 0.0428. The molecular formula is C72H97ClF11LiO2. The van der Waals surface area contributed by atoms with Crippen molar-refractivity contribution in [3.63, 3.8) is 0 Å². The molecule has 0 saturated heterocycles. The molecule has 0 aromatic heterocycles. The summed E-state index contributed by atoms with van der Waals surface area (Å²) in [4.78, 5) is 0. The minimum Gasteiger partial charge on any atom is -1.00 e. The Balaban J connectivity index is 0.000000317. The minimum atomic E-state index is -4.78. The van der Waals surface area contributed by atoms with Crippen molar-refractivity contribution in [1.29, 1.82) is 0 Å². The van der Waals surface area contributed by atoms with Gasteiger partial charge in [-0.2, -0.15) is 35.1 Å². The maximum absolute atomic E-state index is 14.6. The van der Waals surface area contributed by atoms with E-state index in [2.05, 4.69) is 113 Å². The number of allylic oxidation sites excluding steroid dienone is 1. The summed E-state index contributed by atoms with van der Waals surface area (Å²) in [6, 6.07) is 24.7. The van der Waals surface area contributed by atoms with E-state index in [-0.39, 0.29) is 31.1 Å². The number of benzene rings is 4. The molecule has 4 aromatic rings. The van der Waals surface area contributed by atoms with Gasteiger partial charge in [0, 0.05) is 11.3 Å². The topological polar surface area (TPSA) is 18.5 Å². The van der Waals surface area contributed by atoms with Crippen LogP contribution in [0.1, 0.15) is 222 Å². The van der Waals surface area contributed by atoms with Crippen LogP contribution in [-0.4, -0.2) is 17.6 Å². The third kappa shape index (κ3) is 25.4. The van der Waals surface area contributed by atoms with E-state index in [1.807, 2.05) is 0 Å². The van der Waals surface area contributed by atoms with Gasteiger partial charge in [-0.15, -0.1) is 11.6 Å². The average molecular weight is 1250 g/mol. The van der Waals surface area contributed by atoms with Gasteiger partial charge in [0.15, 0.2) is 0 Å². The first-order valence-corrected chi connectivity index (χ1v) is 32.3. The van der Waals surface area contributed by atoms with Gasteiger partial charge in [0.2, 0.25) is 5.83 Å². The van der Waals surface area contributed by atoms with Crippen LogP contribution < -0.4 is 28.3 Å². The molecule has 4 fully saturated rings. The van der Waals surface area contributed by atoms with Crippen molar-refractivity contribution in [2.75, 3.05) is 0 Å². The van der Waals surface area contributed by atoms with Crippen molar-refractivity contribution in [2.24, 2.45) is 41.4 Å². The van der Waals surface area contributed by atoms with Crippen LogP contribution in [0, 0.1) is 53.1 Å². The first-order valence-electron chi connectivity index (χ1n) is 31.9. The second-order valence-corrected chi connectivity index (χ2v) is 27.3. The summed E-state index contributed by atoms with van der Waals surface area (Å²) >= 11 is 6.21. The van der Waals surface area contributed by atoms with Crippen molar-refractivity contribution in [3.8, 4) is 22.6 Å². The van der Waals surface area contributed by atoms with Crippen LogP contribution in [-0.2, 0) is 10.8 Å². The van der Waals surface area contributed by atoms with Gasteiger partial charge in [-0.1, -0.05) is 181 Å². The molecule has 0 aliphatic heterocycles. The normalized spacial score (nSPS) is 22.9. The average Bonchev–Trinajstić information content (AvgIpc) is 3.48. The second-order valence-electron chi connectivity index (χ2n) is 26.7. The van der Waals surface area contributed by atoms with Gasteiger partial charge in [0.05, 0.1) is 0 Å². The molecule has 15 heteroatoms. The summed E-state index contributed by atoms with van der Waals surface area (Å²) in [5, 5.41) is 0.492. The van der Waals surface area contributed by atoms with E-state index in [0.29, 0.717) is 30.1 Å². The molecule has 0 spiro atoms. The van der Waals surface area contributed by atoms with Crippen molar-refractivity contribution in [1.82, 2.24) is 0 Å². The zero-order valence-electron chi connectivity index (χ0n) is 54.2. The first kappa shape index (κ1) is 75.5. The van der Waals surface area contributed by atoms with E-state index in [0.717, 1.165) is 85.0 Å². The van der Waals surface area contributed by atoms with Crippen LogP contribution in [0.4, 0.5) is 48.3 Å². The zero-order chi connectivity index (χ0) is 63.2. The Morgan fingerprint density at radius 1 is 0.437 bits per heavy atom. The van der Waals surface area contributed by atoms with Crippen LogP contribution in [0.15, 0.2) is 121 Å². The number of hydrogen-bond donors (Lipinski definition) is 0. The molecule has 482 valence electrons. The van der Waals surface area contributed by atoms with Gasteiger partial charge in [-0.3, -0.25) is 0 Å². The second kappa shape index (κ2) is 36.2. The van der Waals surface area contributed by atoms with Crippen LogP contribution in [0.2, 0.25) is 0 Å². The number of halogens is 12. The molecular weight excluding hydrogens is 1150 g/mol. The molecule has 4 aromatic carbocycles. The van der Waals surface area contributed by atoms with Gasteiger partial charge in [0.1, 0.15) is 29.0 Å². The van der Waals surface area contributed by atoms with E-state index >= 15 is 0 Å². The predicted octanol–water partition coefficient (Wildman–Crippen LogP) is 22.3. The molecule has 4 saturated carbocycles. The molecule has 2 nitrogen and oxygen atoms in total. The van der Waals surface area contributed by atoms with Crippen molar-refractivity contribution in [2.45, 2.75) is 238 Å². The van der Waals surface area contributed by atoms with E-state index in [4.69, 9.17) is 11.6 Å². The van der Waals surface area contributed by atoms with Crippen LogP contribution >= 0.6 is 11.6 Å². The third-order valence-corrected chi connectivity index (χ3v) is 18.7. The van der Waals surface area contributed by atoms with Crippen molar-refractivity contribution < 1.29 is 78.1 Å². The molecule has 0 unspecified atom stereocenters. The standard InChI is InChI=1S/C26H35F5O.C20H26.C17H31Cl.C9H4F6O.Li.H/c1-2-3-4-5-18-6-8-19(9-7-18)20-10-12-21(13-11-20)24(28)25(29)26(30,31)32-23-16-14-22(27)15-17-23;1-19(2,3)17-11-7-15(8-12-17)16-9-13-18(14-10-16)20(4,5)6;1-2-3-4-5-14-6-8-15(9-7-14)16-10-12-17(18)13-11-16;10-5-1-3-6(4-2-5)16-9(14,15)7(11)8(12)13;;/h14-21H,2-13H2,1H3;7-14H,1-6H3;14-17H,2-13H2,1H3;1-4H;;/q;;;;+1;-1/b25-24+;;;;;. The Morgan fingerprint density at radius 3 is 1.06 bits per heavy atom. The molecule has 8 rings (SSSR count). The minimum absolute atomic E-state index is 0. The summed E-state index contributed by atoms with van der Waals surface area (Å²) in [6.45, 7) is 18.0. The molecule has 4 aliphatic rings. The number of rotatable bonds is 18. The molecule has 0 radical (unpaired) electrons. The fourth-order valence-electron chi connectivity index (χ4n) is 12.8. The Morgan fingerprint density at radius 2 is 0.747 bits per heavy atom. The van der Waals surface area contributed by atoms with E-state index in [9.17, 15) is 48.3 Å². The van der Waals surface area contributed by atoms with E-state index in [1.54, 1.807) is 0 Å². The Hall–Kier alpha value is -3.92. The van der Waals surface area contributed by atoms with Crippen LogP contribution in [0.25, 0.3) is 11.1 Å². The number of alkyl halides is 5. The van der Waals surface area contributed by atoms with Gasteiger partial charge >= 0.3 is 37.2 Å². The SMILES string of the molecule is CC(C)(C)c1ccc(-c2ccc(C(C)(C)C)cc2)cc1.CCCCCC1CCC(C2CCC(/C(F)=C(\F)C(F)(F)Oc3ccc(F)cc3)CC2)CC1.CCCCCC1CCC(C2CCC(Cl)CC2)CC1.FC(F)=C(F)C(F)(F)Oc1ccc(F)cc1.[H-].[Li+]. The van der Waals surface area contributed by atoms with Crippen molar-refractivity contribution >= 4 is 11.6 Å². The van der Waals surface area contributed by atoms with E-state index in [1.165, 1.54) is 151 Å². The smallest absolute Gasteiger partial charge is 1.00 e. The van der Waals surface area contributed by atoms with Gasteiger partial charge < -0.3 is 10.9 Å². The predicted molar refractivity (Wildman–Crippen MR) is 330 cm³/mol. The largest absolute Gasteiger partial charge is 1.00 e. The Bertz CT molecular complexity index is 2570. The Labute approximate surface area is 532 Å². The first-order chi connectivity index (χ1) is 40.6. The molecule has 0 bridgehead atoms. The van der Waals surface area contributed by atoms with Crippen molar-refractivity contribution in [3.05, 3.63) is 143 Å². The van der Waals surface area contributed by atoms with Gasteiger partial charge in [-0.25, -0.2) is 13.2 Å². The maximum atomic E-state index is 14.6. The van der Waals surface area contributed by atoms with Gasteiger partial charge in [0.25, 0.3) is 5.83 Å². The fourth-order valence-corrected chi connectivity index (χ4v) is 13.1. The van der Waals surface area contributed by atoms with E-state index < -0.39 is 64.8 Å². The molecule has 0 heterocycles. The summed E-state index contributed by atoms with van der Waals surface area (Å²) in [5.74, 6) is -4.74. The summed E-state index contributed by atoms with van der Waals surface area (Å²) in [5.41, 5.74) is 5.78. The summed E-state index contributed by atoms with van der Waals surface area (Å²) in [6.07, 6.45) is 17.2. The molecule has 0 N–H and O–H groups in total. The summed E-state index contributed by atoms with van der Waals surface area (Å²) in [7, 11) is 0. The Kier molecular flexibility index (Phi) is 31.4. The molecule has 0 atom stereocenters. The molecule has 87 heavy (non-hydrogen) atoms. The fraction of sp³-hybridized carbons (Fsp3) is 0.611. The number of hydrogen-bond acceptors (Lipinski definition) is 2.